The van der Waals surface area contributed by atoms with Crippen LogP contribution in [0, 0.1) is 20.8 Å². The van der Waals surface area contributed by atoms with Gasteiger partial charge in [0.15, 0.2) is 0 Å². The summed E-state index contributed by atoms with van der Waals surface area (Å²) in [4.78, 5) is 32.5. The fourth-order valence-corrected chi connectivity index (χ4v) is 3.21. The van der Waals surface area contributed by atoms with E-state index >= 15 is 0 Å². The number of amides is 3. The molecule has 0 saturated carbocycles. The molecule has 1 atom stereocenters. The van der Waals surface area contributed by atoms with Gasteiger partial charge in [0.05, 0.1) is 12.2 Å². The van der Waals surface area contributed by atoms with Crippen LogP contribution in [0.25, 0.3) is 0 Å². The molecule has 3 rings (SSSR count). The first-order valence-corrected chi connectivity index (χ1v) is 8.17. The lowest BCUT2D eigenvalue weighted by atomic mass is 10.1. The van der Waals surface area contributed by atoms with E-state index in [1.807, 2.05) is 32.3 Å². The van der Waals surface area contributed by atoms with Gasteiger partial charge in [-0.2, -0.15) is 0 Å². The average Bonchev–Trinajstić information content (AvgIpc) is 3.06. The van der Waals surface area contributed by atoms with Gasteiger partial charge in [-0.15, -0.1) is 9.78 Å². The Labute approximate surface area is 141 Å². The predicted octanol–water partition coefficient (Wildman–Crippen LogP) is 0.739. The molecule has 1 aromatic rings. The number of likely N-dealkylation sites (N-methyl/N-ethyl adjacent to an activating group) is 3. The molecule has 0 aromatic carbocycles. The van der Waals surface area contributed by atoms with E-state index in [1.54, 1.807) is 18.7 Å². The van der Waals surface area contributed by atoms with Crippen molar-refractivity contribution >= 4 is 23.7 Å². The van der Waals surface area contributed by atoms with Crippen molar-refractivity contribution in [1.82, 2.24) is 19.6 Å². The third-order valence-corrected chi connectivity index (χ3v) is 4.89. The molecule has 2 aliphatic heterocycles. The van der Waals surface area contributed by atoms with Gasteiger partial charge in [-0.05, 0) is 34.6 Å². The zero-order valence-corrected chi connectivity index (χ0v) is 15.0. The molecule has 1 aromatic heterocycles. The monoisotopic (exact) mass is 331 g/mol. The topological polar surface area (TPSA) is 73.8 Å². The highest BCUT2D eigenvalue weighted by Gasteiger charge is 2.52. The molecule has 0 radical (unpaired) electrons. The van der Waals surface area contributed by atoms with Crippen molar-refractivity contribution in [2.45, 2.75) is 40.7 Å². The SMILES string of the molecule is CCN1C(=O)C2C(=NC(n3nc(C)c(C)c3C)=[N+]2CC)N(C)C1=O. The summed E-state index contributed by atoms with van der Waals surface area (Å²) >= 11 is 0. The Kier molecular flexibility index (Phi) is 3.77. The summed E-state index contributed by atoms with van der Waals surface area (Å²) in [6.07, 6.45) is 0. The summed E-state index contributed by atoms with van der Waals surface area (Å²) in [7, 11) is 1.66. The summed E-state index contributed by atoms with van der Waals surface area (Å²) in [5, 5.41) is 4.56. The molecule has 3 heterocycles. The number of hydrogen-bond acceptors (Lipinski definition) is 4. The first-order chi connectivity index (χ1) is 11.3. The van der Waals surface area contributed by atoms with E-state index < -0.39 is 6.04 Å². The Balaban J connectivity index is 2.18. The molecule has 0 aliphatic carbocycles. The third kappa shape index (κ3) is 2.02. The van der Waals surface area contributed by atoms with Crippen molar-refractivity contribution in [3.05, 3.63) is 17.0 Å². The lowest BCUT2D eigenvalue weighted by molar-refractivity contribution is -0.534. The molecule has 24 heavy (non-hydrogen) atoms. The molecule has 1 unspecified atom stereocenters. The lowest BCUT2D eigenvalue weighted by Gasteiger charge is -2.33. The quantitative estimate of drug-likeness (QED) is 0.750. The maximum Gasteiger partial charge on any atom is 0.421 e. The number of aryl methyl sites for hydroxylation is 1. The van der Waals surface area contributed by atoms with E-state index in [0.29, 0.717) is 24.9 Å². The standard InChI is InChI=1S/C16H23N6O2/c1-7-20-12-13(19(6)16(24)21(8-2)14(12)23)17-15(20)22-11(5)9(3)10(4)18-22/h12H,7-8H2,1-6H3/q+1. The van der Waals surface area contributed by atoms with E-state index in [1.165, 1.54) is 9.80 Å². The zero-order chi connectivity index (χ0) is 17.8. The Morgan fingerprint density at radius 2 is 1.83 bits per heavy atom. The van der Waals surface area contributed by atoms with Crippen molar-refractivity contribution in [2.24, 2.45) is 4.99 Å². The summed E-state index contributed by atoms with van der Waals surface area (Å²) in [5.41, 5.74) is 3.01. The smallest absolute Gasteiger partial charge is 0.270 e. The Hall–Kier alpha value is -2.51. The van der Waals surface area contributed by atoms with Gasteiger partial charge in [0.1, 0.15) is 5.69 Å². The zero-order valence-electron chi connectivity index (χ0n) is 15.0. The normalized spacial score (nSPS) is 20.9. The highest BCUT2D eigenvalue weighted by Crippen LogP contribution is 2.21. The highest BCUT2D eigenvalue weighted by atomic mass is 16.2. The number of imide groups is 1. The van der Waals surface area contributed by atoms with Gasteiger partial charge in [-0.1, -0.05) is 4.99 Å². The number of urea groups is 1. The molecule has 0 bridgehead atoms. The first-order valence-electron chi connectivity index (χ1n) is 8.17. The highest BCUT2D eigenvalue weighted by molar-refractivity contribution is 6.22. The van der Waals surface area contributed by atoms with Gasteiger partial charge in [0.25, 0.3) is 5.91 Å². The molecule has 0 spiro atoms. The van der Waals surface area contributed by atoms with Gasteiger partial charge in [-0.3, -0.25) is 14.6 Å². The van der Waals surface area contributed by atoms with Crippen molar-refractivity contribution in [3.8, 4) is 0 Å². The fraction of sp³-hybridized carbons (Fsp3) is 0.562. The summed E-state index contributed by atoms with van der Waals surface area (Å²) in [6, 6.07) is -0.906. The van der Waals surface area contributed by atoms with Gasteiger partial charge < -0.3 is 0 Å². The number of nitrogens with zero attached hydrogens (tertiary/aromatic N) is 6. The second-order valence-electron chi connectivity index (χ2n) is 6.09. The van der Waals surface area contributed by atoms with Gasteiger partial charge >= 0.3 is 12.0 Å². The maximum absolute atomic E-state index is 12.8. The molecule has 1 fully saturated rings. The average molecular weight is 331 g/mol. The van der Waals surface area contributed by atoms with Crippen LogP contribution in [-0.4, -0.2) is 74.1 Å². The van der Waals surface area contributed by atoms with Gasteiger partial charge in [0.2, 0.25) is 11.9 Å². The van der Waals surface area contributed by atoms with Crippen LogP contribution >= 0.6 is 0 Å². The van der Waals surface area contributed by atoms with Crippen LogP contribution in [0.4, 0.5) is 4.79 Å². The molecular formula is C16H23N6O2+. The van der Waals surface area contributed by atoms with Crippen molar-refractivity contribution in [2.75, 3.05) is 20.1 Å². The molecule has 128 valence electrons. The van der Waals surface area contributed by atoms with Crippen molar-refractivity contribution < 1.29 is 14.2 Å². The Morgan fingerprint density at radius 1 is 1.17 bits per heavy atom. The number of carbonyl (C=O) groups is 2. The van der Waals surface area contributed by atoms with E-state index in [9.17, 15) is 9.59 Å². The Morgan fingerprint density at radius 3 is 2.33 bits per heavy atom. The number of aliphatic imine (C=N–C) groups is 1. The van der Waals surface area contributed by atoms with E-state index in [-0.39, 0.29) is 11.9 Å². The molecular weight excluding hydrogens is 308 g/mol. The minimum Gasteiger partial charge on any atom is -0.270 e. The lowest BCUT2D eigenvalue weighted by Crippen LogP contribution is -2.62. The number of aromatic nitrogens is 2. The minimum absolute atomic E-state index is 0.227. The summed E-state index contributed by atoms with van der Waals surface area (Å²) in [5.74, 6) is 0.836. The van der Waals surface area contributed by atoms with Crippen LogP contribution in [0.15, 0.2) is 4.99 Å². The number of amidine groups is 1. The fourth-order valence-electron chi connectivity index (χ4n) is 3.21. The molecule has 2 aliphatic rings. The van der Waals surface area contributed by atoms with Crippen LogP contribution in [0.5, 0.6) is 0 Å². The number of fused-ring (bicyclic) bond motifs is 1. The largest absolute Gasteiger partial charge is 0.421 e. The molecule has 8 heteroatoms. The maximum atomic E-state index is 12.8. The first kappa shape index (κ1) is 16.4. The van der Waals surface area contributed by atoms with Crippen LogP contribution < -0.4 is 0 Å². The minimum atomic E-state index is -0.572. The summed E-state index contributed by atoms with van der Waals surface area (Å²) in [6.45, 7) is 10.6. The number of rotatable bonds is 2. The second-order valence-corrected chi connectivity index (χ2v) is 6.09. The molecule has 8 nitrogen and oxygen atoms in total. The Bertz CT molecular complexity index is 804. The second kappa shape index (κ2) is 5.54. The van der Waals surface area contributed by atoms with Gasteiger partial charge in [0, 0.05) is 19.2 Å². The van der Waals surface area contributed by atoms with E-state index in [0.717, 1.165) is 17.0 Å². The predicted molar refractivity (Wildman–Crippen MR) is 89.4 cm³/mol. The summed E-state index contributed by atoms with van der Waals surface area (Å²) < 4.78 is 3.67. The van der Waals surface area contributed by atoms with E-state index in [2.05, 4.69) is 10.1 Å². The van der Waals surface area contributed by atoms with Crippen LogP contribution in [0.1, 0.15) is 30.8 Å². The molecule has 3 amide bonds. The van der Waals surface area contributed by atoms with Gasteiger partial charge in [-0.25, -0.2) is 9.37 Å². The van der Waals surface area contributed by atoms with E-state index in [4.69, 9.17) is 0 Å². The molecule has 0 N–H and O–H groups in total. The van der Waals surface area contributed by atoms with Crippen molar-refractivity contribution in [1.29, 1.82) is 0 Å². The van der Waals surface area contributed by atoms with Crippen molar-refractivity contribution in [3.63, 3.8) is 0 Å². The number of carbonyl (C=O) groups excluding carboxylic acids is 2. The van der Waals surface area contributed by atoms with Crippen LogP contribution in [-0.2, 0) is 4.79 Å². The van der Waals surface area contributed by atoms with Crippen LogP contribution in [0.3, 0.4) is 0 Å². The number of hydrogen-bond donors (Lipinski definition) is 0. The van der Waals surface area contributed by atoms with Crippen LogP contribution in [0.2, 0.25) is 0 Å². The molecule has 1 saturated heterocycles. The third-order valence-electron chi connectivity index (χ3n) is 4.89.